The summed E-state index contributed by atoms with van der Waals surface area (Å²) >= 11 is 19.6. The highest BCUT2D eigenvalue weighted by Crippen LogP contribution is 2.37. The summed E-state index contributed by atoms with van der Waals surface area (Å²) in [5, 5.41) is 3.64. The number of hydrogen-bond donors (Lipinski definition) is 1. The molecule has 2 amide bonds. The van der Waals surface area contributed by atoms with E-state index in [4.69, 9.17) is 49.0 Å². The molecule has 1 N–H and O–H groups in total. The minimum Gasteiger partial charge on any atom is -0.495 e. The summed E-state index contributed by atoms with van der Waals surface area (Å²) in [4.78, 5) is 29.8. The zero-order valence-corrected chi connectivity index (χ0v) is 31.2. The molecule has 0 aliphatic rings. The minimum atomic E-state index is -4.54. The highest BCUT2D eigenvalue weighted by molar-refractivity contribution is 7.92. The van der Waals surface area contributed by atoms with Crippen molar-refractivity contribution in [2.45, 2.75) is 43.8 Å². The maximum absolute atomic E-state index is 14.8. The molecular weight excluding hydrogens is 725 g/mol. The van der Waals surface area contributed by atoms with Crippen LogP contribution < -0.4 is 23.8 Å². The van der Waals surface area contributed by atoms with E-state index in [2.05, 4.69) is 5.32 Å². The maximum atomic E-state index is 14.8. The summed E-state index contributed by atoms with van der Waals surface area (Å²) in [5.74, 6) is -0.592. The number of methoxy groups -OCH3 is 3. The SMILES string of the molecule is COc1ccc(S(=O)(=O)N(CC(=O)N(Cc2c(Cl)cccc2Cl)[C@H](Cc2ccccc2)C(=O)NC(C)C)c2cc(Cl)ccc2OC)cc1OC. The van der Waals surface area contributed by atoms with Crippen molar-refractivity contribution in [3.05, 3.63) is 111 Å². The van der Waals surface area contributed by atoms with Crippen molar-refractivity contribution in [3.63, 3.8) is 0 Å². The first-order valence-corrected chi connectivity index (χ1v) is 18.0. The second-order valence-electron chi connectivity index (χ2n) is 11.4. The van der Waals surface area contributed by atoms with Crippen molar-refractivity contribution in [2.75, 3.05) is 32.2 Å². The van der Waals surface area contributed by atoms with Crippen LogP contribution in [-0.2, 0) is 32.6 Å². The van der Waals surface area contributed by atoms with Crippen molar-refractivity contribution in [1.29, 1.82) is 0 Å². The summed E-state index contributed by atoms with van der Waals surface area (Å²) in [5.41, 5.74) is 1.14. The highest BCUT2D eigenvalue weighted by atomic mass is 35.5. The Balaban J connectivity index is 1.92. The van der Waals surface area contributed by atoms with Crippen molar-refractivity contribution in [3.8, 4) is 17.2 Å². The van der Waals surface area contributed by atoms with Crippen LogP contribution in [0.1, 0.15) is 25.0 Å². The molecule has 0 aliphatic carbocycles. The Morgan fingerprint density at radius 1 is 0.780 bits per heavy atom. The summed E-state index contributed by atoms with van der Waals surface area (Å²) in [6, 6.07) is 21.2. The third-order valence-electron chi connectivity index (χ3n) is 7.72. The van der Waals surface area contributed by atoms with Crippen molar-refractivity contribution in [1.82, 2.24) is 10.2 Å². The summed E-state index contributed by atoms with van der Waals surface area (Å²) in [7, 11) is -0.372. The molecule has 4 aromatic rings. The molecule has 0 aromatic heterocycles. The van der Waals surface area contributed by atoms with Gasteiger partial charge < -0.3 is 24.4 Å². The molecule has 0 saturated heterocycles. The van der Waals surface area contributed by atoms with Gasteiger partial charge in [-0.3, -0.25) is 13.9 Å². The molecule has 266 valence electrons. The van der Waals surface area contributed by atoms with Crippen LogP contribution in [-0.4, -0.2) is 65.1 Å². The van der Waals surface area contributed by atoms with E-state index < -0.39 is 34.4 Å². The fourth-order valence-electron chi connectivity index (χ4n) is 5.26. The van der Waals surface area contributed by atoms with Crippen molar-refractivity contribution in [2.24, 2.45) is 0 Å². The lowest BCUT2D eigenvalue weighted by Gasteiger charge is -2.34. The van der Waals surface area contributed by atoms with Gasteiger partial charge in [-0.1, -0.05) is 71.2 Å². The van der Waals surface area contributed by atoms with Gasteiger partial charge >= 0.3 is 0 Å². The van der Waals surface area contributed by atoms with Gasteiger partial charge in [-0.05, 0) is 61.9 Å². The lowest BCUT2D eigenvalue weighted by molar-refractivity contribution is -0.140. The molecule has 0 heterocycles. The second kappa shape index (κ2) is 17.2. The maximum Gasteiger partial charge on any atom is 0.265 e. The van der Waals surface area contributed by atoms with Crippen LogP contribution in [0.4, 0.5) is 5.69 Å². The summed E-state index contributed by atoms with van der Waals surface area (Å²) in [6.07, 6.45) is 0.107. The standard InChI is InChI=1S/C36H38Cl3N3O7S/c1-23(2)40-36(44)31(18-24-10-7-6-8-11-24)41(21-27-28(38)12-9-13-29(27)39)35(43)22-42(30-19-25(37)14-16-32(30)47-3)50(45,46)26-15-17-33(48-4)34(20-26)49-5/h6-17,19-20,23,31H,18,21-22H2,1-5H3,(H,40,44)/t31-/m1/s1. The Kier molecular flexibility index (Phi) is 13.3. The van der Waals surface area contributed by atoms with Crippen molar-refractivity contribution >= 4 is 62.3 Å². The zero-order valence-electron chi connectivity index (χ0n) is 28.2. The first kappa shape index (κ1) is 38.6. The number of anilines is 1. The number of rotatable bonds is 15. The molecule has 4 aromatic carbocycles. The topological polar surface area (TPSA) is 114 Å². The van der Waals surface area contributed by atoms with Crippen LogP contribution in [0.2, 0.25) is 15.1 Å². The Morgan fingerprint density at radius 3 is 2.00 bits per heavy atom. The van der Waals surface area contributed by atoms with E-state index >= 15 is 0 Å². The molecule has 0 saturated carbocycles. The number of nitrogens with zero attached hydrogens (tertiary/aromatic N) is 2. The number of sulfonamides is 1. The van der Waals surface area contributed by atoms with Crippen LogP contribution in [0, 0.1) is 0 Å². The first-order chi connectivity index (χ1) is 23.8. The third kappa shape index (κ3) is 9.14. The van der Waals surface area contributed by atoms with Gasteiger partial charge in [0.15, 0.2) is 11.5 Å². The van der Waals surface area contributed by atoms with Gasteiger partial charge in [0.1, 0.15) is 18.3 Å². The number of halogens is 3. The average Bonchev–Trinajstić information content (AvgIpc) is 3.09. The fourth-order valence-corrected chi connectivity index (χ4v) is 7.38. The second-order valence-corrected chi connectivity index (χ2v) is 14.5. The molecule has 4 rings (SSSR count). The molecular formula is C36H38Cl3N3O7S. The zero-order chi connectivity index (χ0) is 36.6. The average molecular weight is 763 g/mol. The Labute approximate surface area is 307 Å². The van der Waals surface area contributed by atoms with Gasteiger partial charge in [0.05, 0.1) is 31.9 Å². The van der Waals surface area contributed by atoms with Gasteiger partial charge in [-0.15, -0.1) is 0 Å². The Hall–Kier alpha value is -4.16. The molecule has 0 radical (unpaired) electrons. The number of ether oxygens (including phenoxy) is 3. The summed E-state index contributed by atoms with van der Waals surface area (Å²) < 4.78 is 46.3. The van der Waals surface area contributed by atoms with E-state index in [1.807, 2.05) is 30.3 Å². The van der Waals surface area contributed by atoms with E-state index in [1.165, 1.54) is 62.6 Å². The van der Waals surface area contributed by atoms with E-state index in [9.17, 15) is 18.0 Å². The van der Waals surface area contributed by atoms with Crippen molar-refractivity contribution < 1.29 is 32.2 Å². The van der Waals surface area contributed by atoms with Gasteiger partial charge in [-0.2, -0.15) is 0 Å². The molecule has 0 fully saturated rings. The minimum absolute atomic E-state index is 0.00916. The predicted octanol–water partition coefficient (Wildman–Crippen LogP) is 7.03. The normalized spacial score (nSPS) is 11.9. The van der Waals surface area contributed by atoms with E-state index in [-0.39, 0.29) is 56.2 Å². The number of carbonyl (C=O) groups excluding carboxylic acids is 2. The largest absolute Gasteiger partial charge is 0.495 e. The lowest BCUT2D eigenvalue weighted by atomic mass is 10.0. The van der Waals surface area contributed by atoms with E-state index in [0.717, 1.165) is 9.87 Å². The molecule has 1 atom stereocenters. The van der Waals surface area contributed by atoms with Crippen LogP contribution in [0.3, 0.4) is 0 Å². The van der Waals surface area contributed by atoms with Crippen LogP contribution >= 0.6 is 34.8 Å². The molecule has 10 nitrogen and oxygen atoms in total. The van der Waals surface area contributed by atoms with Gasteiger partial charge in [0.2, 0.25) is 11.8 Å². The summed E-state index contributed by atoms with van der Waals surface area (Å²) in [6.45, 7) is 2.63. The van der Waals surface area contributed by atoms with E-state index in [1.54, 1.807) is 32.0 Å². The molecule has 0 spiro atoms. The highest BCUT2D eigenvalue weighted by Gasteiger charge is 2.36. The number of hydrogen-bond acceptors (Lipinski definition) is 7. The smallest absolute Gasteiger partial charge is 0.265 e. The number of benzene rings is 4. The molecule has 0 unspecified atom stereocenters. The number of nitrogens with one attached hydrogen (secondary N) is 1. The number of carbonyl (C=O) groups is 2. The third-order valence-corrected chi connectivity index (χ3v) is 10.4. The Bertz CT molecular complexity index is 1910. The lowest BCUT2D eigenvalue weighted by Crippen LogP contribution is -2.54. The quantitative estimate of drug-likeness (QED) is 0.138. The monoisotopic (exact) mass is 761 g/mol. The molecule has 14 heteroatoms. The van der Waals surface area contributed by atoms with Gasteiger partial charge in [0.25, 0.3) is 10.0 Å². The molecule has 0 aliphatic heterocycles. The predicted molar refractivity (Wildman–Crippen MR) is 196 cm³/mol. The Morgan fingerprint density at radius 2 is 1.40 bits per heavy atom. The molecule has 0 bridgehead atoms. The van der Waals surface area contributed by atoms with Gasteiger partial charge in [0, 0.05) is 45.7 Å². The first-order valence-electron chi connectivity index (χ1n) is 15.5. The number of amides is 2. The van der Waals surface area contributed by atoms with Crippen LogP contribution in [0.5, 0.6) is 17.2 Å². The molecule has 50 heavy (non-hydrogen) atoms. The van der Waals surface area contributed by atoms with Gasteiger partial charge in [-0.25, -0.2) is 8.42 Å². The van der Waals surface area contributed by atoms with Crippen LogP contribution in [0.25, 0.3) is 0 Å². The van der Waals surface area contributed by atoms with Crippen LogP contribution in [0.15, 0.2) is 89.8 Å². The van der Waals surface area contributed by atoms with E-state index in [0.29, 0.717) is 11.3 Å². The fraction of sp³-hybridized carbons (Fsp3) is 0.278.